The lowest BCUT2D eigenvalue weighted by atomic mass is 10.1. The number of hydroxylamine groups is 2. The number of nitrogens with zero attached hydrogens (tertiary/aromatic N) is 2. The van der Waals surface area contributed by atoms with E-state index in [1.54, 1.807) is 0 Å². The maximum Gasteiger partial charge on any atom is 0.241 e. The van der Waals surface area contributed by atoms with E-state index in [9.17, 15) is 0 Å². The van der Waals surface area contributed by atoms with Gasteiger partial charge in [0.25, 0.3) is 0 Å². The monoisotopic (exact) mass is 372 g/mol. The summed E-state index contributed by atoms with van der Waals surface area (Å²) in [5.41, 5.74) is 16.5. The van der Waals surface area contributed by atoms with Crippen LogP contribution in [0.15, 0.2) is 4.99 Å². The predicted octanol–water partition coefficient (Wildman–Crippen LogP) is 3.22. The largest absolute Gasteiger partial charge is 0.370 e. The summed E-state index contributed by atoms with van der Waals surface area (Å²) in [6.45, 7) is 7.02. The number of guanidine groups is 2. The lowest BCUT2D eigenvalue weighted by Gasteiger charge is -2.24. The molecule has 26 heavy (non-hydrogen) atoms. The van der Waals surface area contributed by atoms with Crippen LogP contribution in [-0.2, 0) is 9.68 Å². The number of hydrogen-bond acceptors (Lipinski definition) is 4. The Morgan fingerprint density at radius 1 is 0.962 bits per heavy atom. The van der Waals surface area contributed by atoms with Crippen LogP contribution in [0.2, 0.25) is 0 Å². The molecule has 7 N–H and O–H groups in total. The molecule has 0 aromatic carbocycles. The fourth-order valence-electron chi connectivity index (χ4n) is 2.48. The van der Waals surface area contributed by atoms with Gasteiger partial charge in [0.1, 0.15) is 0 Å². The Kier molecular flexibility index (Phi) is 14.8. The molecule has 1 atom stereocenters. The van der Waals surface area contributed by atoms with Gasteiger partial charge in [-0.15, -0.1) is 0 Å². The highest BCUT2D eigenvalue weighted by Gasteiger charge is 2.17. The van der Waals surface area contributed by atoms with E-state index in [2.05, 4.69) is 25.8 Å². The molecule has 0 rings (SSSR count). The molecule has 0 aliphatic carbocycles. The molecule has 0 amide bonds. The van der Waals surface area contributed by atoms with Crippen molar-refractivity contribution in [2.24, 2.45) is 28.1 Å². The molecule has 0 saturated heterocycles. The Labute approximate surface area is 158 Å². The van der Waals surface area contributed by atoms with Crippen LogP contribution < -0.4 is 17.2 Å². The van der Waals surface area contributed by atoms with E-state index < -0.39 is 6.23 Å². The lowest BCUT2D eigenvalue weighted by molar-refractivity contribution is -0.338. The molecule has 154 valence electrons. The van der Waals surface area contributed by atoms with Gasteiger partial charge >= 0.3 is 0 Å². The molecule has 0 bridgehead atoms. The molecule has 8 nitrogen and oxygen atoms in total. The minimum absolute atomic E-state index is 0.0571. The Hall–Kier alpha value is -1.54. The summed E-state index contributed by atoms with van der Waals surface area (Å²) >= 11 is 0. The van der Waals surface area contributed by atoms with Crippen molar-refractivity contribution in [2.45, 2.75) is 91.2 Å². The van der Waals surface area contributed by atoms with E-state index in [0.717, 1.165) is 37.3 Å². The zero-order chi connectivity index (χ0) is 19.8. The van der Waals surface area contributed by atoms with Gasteiger partial charge in [-0.05, 0) is 25.2 Å². The lowest BCUT2D eigenvalue weighted by Crippen LogP contribution is -2.40. The molecule has 0 fully saturated rings. The van der Waals surface area contributed by atoms with Crippen LogP contribution in [0.25, 0.3) is 0 Å². The molecule has 0 heterocycles. The summed E-state index contributed by atoms with van der Waals surface area (Å²) in [5, 5.41) is 8.53. The van der Waals surface area contributed by atoms with E-state index >= 15 is 0 Å². The van der Waals surface area contributed by atoms with Crippen LogP contribution in [-0.4, -0.2) is 30.0 Å². The molecule has 1 unspecified atom stereocenters. The highest BCUT2D eigenvalue weighted by Crippen LogP contribution is 2.14. The van der Waals surface area contributed by atoms with Crippen molar-refractivity contribution in [3.63, 3.8) is 0 Å². The highest BCUT2D eigenvalue weighted by atomic mass is 17.0. The summed E-state index contributed by atoms with van der Waals surface area (Å²) in [6, 6.07) is 0. The van der Waals surface area contributed by atoms with Crippen LogP contribution in [0.3, 0.4) is 0 Å². The first-order valence-corrected chi connectivity index (χ1v) is 9.89. The molecule has 8 heteroatoms. The average molecular weight is 373 g/mol. The standard InChI is InChI=1S/C18H40N6O2/c1-4-5-6-7-8-11-14-25-24(18(21)22)26-16(23-17(19)20)13-10-9-12-15(2)3/h15-16H,4-14H2,1-3H3,(H3,21,22)(H4,19,20,23). The van der Waals surface area contributed by atoms with Crippen molar-refractivity contribution >= 4 is 11.9 Å². The fraction of sp³-hybridized carbons (Fsp3) is 0.889. The zero-order valence-electron chi connectivity index (χ0n) is 16.9. The number of rotatable bonds is 16. The minimum Gasteiger partial charge on any atom is -0.370 e. The van der Waals surface area contributed by atoms with Gasteiger partial charge in [-0.2, -0.15) is 0 Å². The van der Waals surface area contributed by atoms with Crippen LogP contribution >= 0.6 is 0 Å². The van der Waals surface area contributed by atoms with Crippen LogP contribution in [0.1, 0.15) is 85.0 Å². The molecular formula is C18H40N6O2. The summed E-state index contributed by atoms with van der Waals surface area (Å²) in [7, 11) is 0. The summed E-state index contributed by atoms with van der Waals surface area (Å²) in [5.74, 6) is 0.277. The summed E-state index contributed by atoms with van der Waals surface area (Å²) in [6.07, 6.45) is 10.0. The Morgan fingerprint density at radius 2 is 1.58 bits per heavy atom. The smallest absolute Gasteiger partial charge is 0.241 e. The molecular weight excluding hydrogens is 332 g/mol. The Balaban J connectivity index is 4.31. The predicted molar refractivity (Wildman–Crippen MR) is 107 cm³/mol. The first-order valence-electron chi connectivity index (χ1n) is 9.89. The number of hydrogen-bond donors (Lipinski definition) is 4. The van der Waals surface area contributed by atoms with Gasteiger partial charge in [-0.1, -0.05) is 70.9 Å². The first-order chi connectivity index (χ1) is 12.4. The van der Waals surface area contributed by atoms with Crippen molar-refractivity contribution < 1.29 is 9.68 Å². The second-order valence-corrected chi connectivity index (χ2v) is 7.04. The second kappa shape index (κ2) is 15.7. The minimum atomic E-state index is -0.611. The van der Waals surface area contributed by atoms with Crippen LogP contribution in [0, 0.1) is 11.3 Å². The van der Waals surface area contributed by atoms with Gasteiger partial charge in [0.2, 0.25) is 5.96 Å². The Morgan fingerprint density at radius 3 is 2.15 bits per heavy atom. The van der Waals surface area contributed by atoms with Crippen molar-refractivity contribution in [3.8, 4) is 0 Å². The maximum atomic E-state index is 7.61. The van der Waals surface area contributed by atoms with Crippen molar-refractivity contribution in [1.82, 2.24) is 5.23 Å². The van der Waals surface area contributed by atoms with Crippen LogP contribution in [0.5, 0.6) is 0 Å². The highest BCUT2D eigenvalue weighted by molar-refractivity contribution is 5.75. The van der Waals surface area contributed by atoms with E-state index in [0.29, 0.717) is 18.9 Å². The SMILES string of the molecule is CCCCCCCCON(OC(CCCCC(C)C)N=C(N)N)C(=N)N. The molecule has 0 aromatic heterocycles. The van der Waals surface area contributed by atoms with Crippen molar-refractivity contribution in [1.29, 1.82) is 5.41 Å². The third-order valence-electron chi connectivity index (χ3n) is 3.90. The fourth-order valence-corrected chi connectivity index (χ4v) is 2.48. The van der Waals surface area contributed by atoms with Gasteiger partial charge in [0, 0.05) is 0 Å². The molecule has 0 aliphatic rings. The van der Waals surface area contributed by atoms with E-state index in [1.165, 1.54) is 25.7 Å². The topological polar surface area (TPSA) is 136 Å². The van der Waals surface area contributed by atoms with Gasteiger partial charge in [0.15, 0.2) is 12.2 Å². The number of aliphatic imine (C=N–C) groups is 1. The second-order valence-electron chi connectivity index (χ2n) is 7.04. The molecule has 0 aliphatic heterocycles. The maximum absolute atomic E-state index is 7.61. The van der Waals surface area contributed by atoms with Crippen LogP contribution in [0.4, 0.5) is 0 Å². The molecule has 0 saturated carbocycles. The quantitative estimate of drug-likeness (QED) is 0.142. The van der Waals surface area contributed by atoms with Gasteiger partial charge < -0.3 is 17.2 Å². The third-order valence-corrected chi connectivity index (χ3v) is 3.90. The normalized spacial score (nSPS) is 12.2. The van der Waals surface area contributed by atoms with Gasteiger partial charge in [0.05, 0.1) is 6.61 Å². The van der Waals surface area contributed by atoms with E-state index in [1.807, 2.05) is 0 Å². The van der Waals surface area contributed by atoms with E-state index in [-0.39, 0.29) is 11.9 Å². The molecule has 0 spiro atoms. The third kappa shape index (κ3) is 14.8. The zero-order valence-corrected chi connectivity index (χ0v) is 16.9. The summed E-state index contributed by atoms with van der Waals surface area (Å²) in [4.78, 5) is 15.1. The van der Waals surface area contributed by atoms with Crippen molar-refractivity contribution in [3.05, 3.63) is 0 Å². The van der Waals surface area contributed by atoms with Gasteiger partial charge in [-0.3, -0.25) is 5.41 Å². The number of nitrogens with two attached hydrogens (primary N) is 3. The number of nitrogens with one attached hydrogen (secondary N) is 1. The van der Waals surface area contributed by atoms with Gasteiger partial charge in [-0.25, -0.2) is 14.7 Å². The Bertz CT molecular complexity index is 386. The summed E-state index contributed by atoms with van der Waals surface area (Å²) < 4.78 is 0. The molecule has 0 aromatic rings. The molecule has 0 radical (unpaired) electrons. The van der Waals surface area contributed by atoms with Crippen molar-refractivity contribution in [2.75, 3.05) is 6.61 Å². The first kappa shape index (κ1) is 24.5. The average Bonchev–Trinajstić information content (AvgIpc) is 2.55. The number of unbranched alkanes of at least 4 members (excludes halogenated alkanes) is 6. The van der Waals surface area contributed by atoms with E-state index in [4.69, 9.17) is 32.3 Å².